The maximum Gasteiger partial charge on any atom is 0.294 e. The summed E-state index contributed by atoms with van der Waals surface area (Å²) in [5.74, 6) is -1.08. The fourth-order valence-corrected chi connectivity index (χ4v) is 4.00. The van der Waals surface area contributed by atoms with E-state index in [-0.39, 0.29) is 11.4 Å². The molecule has 3 aromatic rings. The van der Waals surface area contributed by atoms with E-state index in [1.807, 2.05) is 32.0 Å². The first-order chi connectivity index (χ1) is 13.0. The summed E-state index contributed by atoms with van der Waals surface area (Å²) in [5.41, 5.74) is 2.52. The van der Waals surface area contributed by atoms with Gasteiger partial charge in [0.25, 0.3) is 5.91 Å². The summed E-state index contributed by atoms with van der Waals surface area (Å²) in [4.78, 5) is 28.0. The SMILES string of the molecule is Cc1ccc(C)c(N2C(=O)C(O)=C(C(=O)c3cccs3)C2c2ccco2)c1. The van der Waals surface area contributed by atoms with E-state index in [9.17, 15) is 14.7 Å². The number of ketones is 1. The molecule has 1 N–H and O–H groups in total. The number of Topliss-reactive ketones (excluding diaryl/α,β-unsaturated/α-hetero) is 1. The van der Waals surface area contributed by atoms with E-state index in [0.29, 0.717) is 16.3 Å². The van der Waals surface area contributed by atoms with Crippen LogP contribution >= 0.6 is 11.3 Å². The molecule has 0 fully saturated rings. The molecule has 27 heavy (non-hydrogen) atoms. The lowest BCUT2D eigenvalue weighted by Crippen LogP contribution is -2.31. The molecule has 136 valence electrons. The number of furan rings is 1. The van der Waals surface area contributed by atoms with Crippen LogP contribution in [0.1, 0.15) is 32.6 Å². The number of aryl methyl sites for hydroxylation is 2. The fraction of sp³-hybridized carbons (Fsp3) is 0.143. The van der Waals surface area contributed by atoms with Gasteiger partial charge < -0.3 is 9.52 Å². The van der Waals surface area contributed by atoms with Crippen molar-refractivity contribution in [3.05, 3.63) is 87.2 Å². The van der Waals surface area contributed by atoms with E-state index in [2.05, 4.69) is 0 Å². The highest BCUT2D eigenvalue weighted by Crippen LogP contribution is 2.43. The third kappa shape index (κ3) is 2.78. The minimum absolute atomic E-state index is 0.0401. The van der Waals surface area contributed by atoms with Crippen molar-refractivity contribution in [2.24, 2.45) is 0 Å². The van der Waals surface area contributed by atoms with Crippen LogP contribution in [0.3, 0.4) is 0 Å². The molecule has 2 aromatic heterocycles. The van der Waals surface area contributed by atoms with Crippen LogP contribution in [0.2, 0.25) is 0 Å². The lowest BCUT2D eigenvalue weighted by atomic mass is 9.99. The molecule has 1 unspecified atom stereocenters. The molecule has 0 saturated heterocycles. The summed E-state index contributed by atoms with van der Waals surface area (Å²) in [6.07, 6.45) is 1.49. The number of aliphatic hydroxyl groups excluding tert-OH is 1. The molecule has 0 saturated carbocycles. The topological polar surface area (TPSA) is 70.8 Å². The number of rotatable bonds is 4. The van der Waals surface area contributed by atoms with Gasteiger partial charge in [0.1, 0.15) is 11.8 Å². The molecule has 0 radical (unpaired) electrons. The predicted octanol–water partition coefficient (Wildman–Crippen LogP) is 4.74. The number of thiophene rings is 1. The summed E-state index contributed by atoms with van der Waals surface area (Å²) in [6.45, 7) is 3.81. The molecule has 3 heterocycles. The largest absolute Gasteiger partial charge is 0.503 e. The Morgan fingerprint density at radius 2 is 2.00 bits per heavy atom. The molecule has 1 aliphatic rings. The average molecular weight is 379 g/mol. The molecule has 0 aliphatic carbocycles. The Hall–Kier alpha value is -3.12. The molecule has 0 spiro atoms. The van der Waals surface area contributed by atoms with E-state index in [0.717, 1.165) is 11.1 Å². The standard InChI is InChI=1S/C21H17NO4S/c1-12-7-8-13(2)14(11-12)22-18(15-5-3-9-26-15)17(20(24)21(22)25)19(23)16-6-4-10-27-16/h3-11,18,24H,1-2H3. The zero-order valence-corrected chi connectivity index (χ0v) is 15.6. The number of hydrogen-bond donors (Lipinski definition) is 1. The average Bonchev–Trinajstić information content (AvgIpc) is 3.39. The Kier molecular flexibility index (Phi) is 4.20. The van der Waals surface area contributed by atoms with E-state index in [1.54, 1.807) is 29.6 Å². The second-order valence-corrected chi connectivity index (χ2v) is 7.40. The third-order valence-corrected chi connectivity index (χ3v) is 5.50. The highest BCUT2D eigenvalue weighted by molar-refractivity contribution is 7.12. The van der Waals surface area contributed by atoms with Gasteiger partial charge >= 0.3 is 0 Å². The van der Waals surface area contributed by atoms with Crippen molar-refractivity contribution in [2.45, 2.75) is 19.9 Å². The molecule has 1 aliphatic heterocycles. The molecule has 4 rings (SSSR count). The van der Waals surface area contributed by atoms with Gasteiger partial charge in [0.2, 0.25) is 5.78 Å². The first kappa shape index (κ1) is 17.3. The maximum absolute atomic E-state index is 13.1. The highest BCUT2D eigenvalue weighted by Gasteiger charge is 2.46. The van der Waals surface area contributed by atoms with Crippen LogP contribution in [0.15, 0.2) is 69.9 Å². The Morgan fingerprint density at radius 1 is 1.19 bits per heavy atom. The summed E-state index contributed by atoms with van der Waals surface area (Å²) in [5, 5.41) is 12.4. The van der Waals surface area contributed by atoms with E-state index < -0.39 is 17.7 Å². The fourth-order valence-electron chi connectivity index (χ4n) is 3.32. The summed E-state index contributed by atoms with van der Waals surface area (Å²) in [7, 11) is 0. The van der Waals surface area contributed by atoms with Crippen molar-refractivity contribution in [3.63, 3.8) is 0 Å². The van der Waals surface area contributed by atoms with Crippen LogP contribution in [-0.2, 0) is 4.79 Å². The van der Waals surface area contributed by atoms with E-state index in [4.69, 9.17) is 4.42 Å². The maximum atomic E-state index is 13.1. The summed E-state index contributed by atoms with van der Waals surface area (Å²) >= 11 is 1.27. The van der Waals surface area contributed by atoms with Crippen molar-refractivity contribution >= 4 is 28.7 Å². The minimum Gasteiger partial charge on any atom is -0.503 e. The van der Waals surface area contributed by atoms with Gasteiger partial charge in [-0.2, -0.15) is 0 Å². The number of benzene rings is 1. The Bertz CT molecular complexity index is 1050. The van der Waals surface area contributed by atoms with Crippen molar-refractivity contribution in [2.75, 3.05) is 4.90 Å². The number of aliphatic hydroxyl groups is 1. The molecule has 1 amide bonds. The number of nitrogens with zero attached hydrogens (tertiary/aromatic N) is 1. The number of amides is 1. The normalized spacial score (nSPS) is 17.0. The van der Waals surface area contributed by atoms with Crippen molar-refractivity contribution < 1.29 is 19.1 Å². The Labute approximate surface area is 160 Å². The lowest BCUT2D eigenvalue weighted by molar-refractivity contribution is -0.117. The Balaban J connectivity index is 1.90. The minimum atomic E-state index is -0.817. The molecule has 1 atom stereocenters. The number of carbonyl (C=O) groups excluding carboxylic acids is 2. The smallest absolute Gasteiger partial charge is 0.294 e. The molecular formula is C21H17NO4S. The van der Waals surface area contributed by atoms with Crippen LogP contribution in [0.5, 0.6) is 0 Å². The number of carbonyl (C=O) groups is 2. The van der Waals surface area contributed by atoms with Gasteiger partial charge in [0, 0.05) is 5.69 Å². The first-order valence-electron chi connectivity index (χ1n) is 8.44. The molecule has 6 heteroatoms. The van der Waals surface area contributed by atoms with Crippen molar-refractivity contribution in [1.82, 2.24) is 0 Å². The Morgan fingerprint density at radius 3 is 2.67 bits per heavy atom. The highest BCUT2D eigenvalue weighted by atomic mass is 32.1. The number of anilines is 1. The van der Waals surface area contributed by atoms with Crippen LogP contribution in [0.25, 0.3) is 0 Å². The van der Waals surface area contributed by atoms with Crippen molar-refractivity contribution in [1.29, 1.82) is 0 Å². The monoisotopic (exact) mass is 379 g/mol. The van der Waals surface area contributed by atoms with Gasteiger partial charge in [-0.1, -0.05) is 18.2 Å². The number of hydrogen-bond acceptors (Lipinski definition) is 5. The van der Waals surface area contributed by atoms with Gasteiger partial charge in [0.15, 0.2) is 5.76 Å². The van der Waals surface area contributed by atoms with Gasteiger partial charge in [-0.05, 0) is 54.6 Å². The van der Waals surface area contributed by atoms with Crippen LogP contribution in [0, 0.1) is 13.8 Å². The third-order valence-electron chi connectivity index (χ3n) is 4.63. The van der Waals surface area contributed by atoms with Crippen molar-refractivity contribution in [3.8, 4) is 0 Å². The molecule has 1 aromatic carbocycles. The van der Waals surface area contributed by atoms with Crippen LogP contribution < -0.4 is 4.90 Å². The van der Waals surface area contributed by atoms with Gasteiger partial charge in [-0.25, -0.2) is 0 Å². The predicted molar refractivity (Wildman–Crippen MR) is 103 cm³/mol. The molecule has 0 bridgehead atoms. The zero-order chi connectivity index (χ0) is 19.1. The van der Waals surface area contributed by atoms with Gasteiger partial charge in [-0.3, -0.25) is 14.5 Å². The second kappa shape index (κ2) is 6.55. The summed E-state index contributed by atoms with van der Waals surface area (Å²) in [6, 6.07) is 11.8. The van der Waals surface area contributed by atoms with E-state index in [1.165, 1.54) is 22.5 Å². The van der Waals surface area contributed by atoms with Crippen LogP contribution in [0.4, 0.5) is 5.69 Å². The first-order valence-corrected chi connectivity index (χ1v) is 9.32. The van der Waals surface area contributed by atoms with Gasteiger partial charge in [0.05, 0.1) is 16.7 Å². The molecule has 5 nitrogen and oxygen atoms in total. The second-order valence-electron chi connectivity index (χ2n) is 6.45. The zero-order valence-electron chi connectivity index (χ0n) is 14.8. The quantitative estimate of drug-likeness (QED) is 0.665. The summed E-state index contributed by atoms with van der Waals surface area (Å²) < 4.78 is 5.55. The van der Waals surface area contributed by atoms with E-state index >= 15 is 0 Å². The molecular weight excluding hydrogens is 362 g/mol. The van der Waals surface area contributed by atoms with Gasteiger partial charge in [-0.15, -0.1) is 11.3 Å². The van der Waals surface area contributed by atoms with Crippen LogP contribution in [-0.4, -0.2) is 16.8 Å². The lowest BCUT2D eigenvalue weighted by Gasteiger charge is -2.26.